The smallest absolute Gasteiger partial charge is 0.252 e. The Labute approximate surface area is 155 Å². The molecule has 0 aliphatic heterocycles. The number of carbonyl (C=O) groups excluding carboxylic acids is 1. The Balaban J connectivity index is 1.49. The molecule has 2 aromatic heterocycles. The van der Waals surface area contributed by atoms with Crippen molar-refractivity contribution in [3.05, 3.63) is 76.9 Å². The van der Waals surface area contributed by atoms with Crippen molar-refractivity contribution in [2.24, 2.45) is 0 Å². The van der Waals surface area contributed by atoms with E-state index in [1.807, 2.05) is 49.4 Å². The second-order valence-electron chi connectivity index (χ2n) is 6.83. The number of carbonyl (C=O) groups is 1. The Hall–Kier alpha value is -3.41. The van der Waals surface area contributed by atoms with Gasteiger partial charge in [-0.3, -0.25) is 4.79 Å². The molecule has 1 aliphatic rings. The van der Waals surface area contributed by atoms with Crippen LogP contribution in [0.1, 0.15) is 39.4 Å². The van der Waals surface area contributed by atoms with Crippen LogP contribution in [0.3, 0.4) is 0 Å². The van der Waals surface area contributed by atoms with Crippen molar-refractivity contribution in [1.82, 2.24) is 25.0 Å². The maximum absolute atomic E-state index is 12.8. The number of rotatable bonds is 3. The minimum absolute atomic E-state index is 0.162. The van der Waals surface area contributed by atoms with Gasteiger partial charge in [-0.15, -0.1) is 5.10 Å². The molecular weight excluding hydrogens is 338 g/mol. The summed E-state index contributed by atoms with van der Waals surface area (Å²) in [5, 5.41) is 10.3. The fourth-order valence-corrected chi connectivity index (χ4v) is 3.65. The second kappa shape index (κ2) is 6.09. The van der Waals surface area contributed by atoms with Gasteiger partial charge in [-0.25, -0.2) is 9.97 Å². The van der Waals surface area contributed by atoms with E-state index in [9.17, 15) is 4.79 Å². The Morgan fingerprint density at radius 1 is 1.04 bits per heavy atom. The molecule has 0 unspecified atom stereocenters. The molecule has 1 aliphatic carbocycles. The van der Waals surface area contributed by atoms with Crippen molar-refractivity contribution in [2.75, 3.05) is 0 Å². The third-order valence-electron chi connectivity index (χ3n) is 5.07. The van der Waals surface area contributed by atoms with Crippen LogP contribution in [0.15, 0.2) is 48.7 Å². The molecule has 2 aromatic carbocycles. The van der Waals surface area contributed by atoms with Gasteiger partial charge in [0.2, 0.25) is 5.78 Å². The van der Waals surface area contributed by atoms with Crippen molar-refractivity contribution in [3.8, 4) is 5.95 Å². The average Bonchev–Trinajstić information content (AvgIpc) is 3.36. The zero-order valence-electron chi connectivity index (χ0n) is 14.9. The van der Waals surface area contributed by atoms with Crippen LogP contribution >= 0.6 is 0 Å². The molecule has 6 heteroatoms. The molecule has 132 valence electrons. The Bertz CT molecular complexity index is 1190. The Kier molecular flexibility index (Phi) is 3.57. The maximum atomic E-state index is 12.8. The van der Waals surface area contributed by atoms with E-state index in [0.29, 0.717) is 11.5 Å². The normalized spacial score (nSPS) is 13.1. The minimum Gasteiger partial charge on any atom is -0.287 e. The summed E-state index contributed by atoms with van der Waals surface area (Å²) in [6, 6.07) is 13.6. The van der Waals surface area contributed by atoms with Crippen LogP contribution in [0.2, 0.25) is 0 Å². The molecule has 4 aromatic rings. The van der Waals surface area contributed by atoms with Crippen LogP contribution in [0, 0.1) is 6.92 Å². The maximum Gasteiger partial charge on any atom is 0.252 e. The number of aromatic nitrogens is 5. The molecule has 6 nitrogen and oxygen atoms in total. The molecule has 0 saturated heterocycles. The van der Waals surface area contributed by atoms with E-state index in [0.717, 1.165) is 41.4 Å². The average molecular weight is 355 g/mol. The van der Waals surface area contributed by atoms with Gasteiger partial charge in [0.25, 0.3) is 5.95 Å². The molecule has 0 fully saturated rings. The molecule has 27 heavy (non-hydrogen) atoms. The summed E-state index contributed by atoms with van der Waals surface area (Å²) in [4.78, 5) is 22.0. The van der Waals surface area contributed by atoms with Gasteiger partial charge >= 0.3 is 0 Å². The molecule has 2 heterocycles. The third-order valence-corrected chi connectivity index (χ3v) is 5.07. The molecule has 0 atom stereocenters. The summed E-state index contributed by atoms with van der Waals surface area (Å²) in [6.45, 7) is 1.99. The number of aryl methyl sites for hydroxylation is 2. The summed E-state index contributed by atoms with van der Waals surface area (Å²) in [5.74, 6) is 0.308. The van der Waals surface area contributed by atoms with Crippen molar-refractivity contribution in [3.63, 3.8) is 0 Å². The summed E-state index contributed by atoms with van der Waals surface area (Å²) < 4.78 is 1.49. The molecule has 0 bridgehead atoms. The van der Waals surface area contributed by atoms with Crippen LogP contribution in [-0.2, 0) is 12.8 Å². The van der Waals surface area contributed by atoms with Crippen molar-refractivity contribution in [1.29, 1.82) is 0 Å². The fourth-order valence-electron chi connectivity index (χ4n) is 3.65. The van der Waals surface area contributed by atoms with Crippen LogP contribution in [0.4, 0.5) is 0 Å². The van der Waals surface area contributed by atoms with E-state index < -0.39 is 0 Å². The van der Waals surface area contributed by atoms with E-state index in [4.69, 9.17) is 0 Å². The zero-order chi connectivity index (χ0) is 18.4. The first-order valence-electron chi connectivity index (χ1n) is 9.02. The first-order valence-corrected chi connectivity index (χ1v) is 9.02. The predicted octanol–water partition coefficient (Wildman–Crippen LogP) is 3.24. The highest BCUT2D eigenvalue weighted by atomic mass is 16.1. The summed E-state index contributed by atoms with van der Waals surface area (Å²) >= 11 is 0. The zero-order valence-corrected chi connectivity index (χ0v) is 14.9. The lowest BCUT2D eigenvalue weighted by molar-refractivity contribution is 0.103. The third kappa shape index (κ3) is 2.70. The van der Waals surface area contributed by atoms with Gasteiger partial charge in [-0.1, -0.05) is 41.6 Å². The van der Waals surface area contributed by atoms with Gasteiger partial charge in [0.05, 0.1) is 6.20 Å². The highest BCUT2D eigenvalue weighted by molar-refractivity contribution is 6.09. The Morgan fingerprint density at radius 3 is 2.78 bits per heavy atom. The summed E-state index contributed by atoms with van der Waals surface area (Å²) in [7, 11) is 0. The van der Waals surface area contributed by atoms with Crippen LogP contribution in [0.25, 0.3) is 16.7 Å². The molecule has 5 rings (SSSR count). The summed E-state index contributed by atoms with van der Waals surface area (Å²) in [5.41, 5.74) is 4.17. The first-order chi connectivity index (χ1) is 13.2. The quantitative estimate of drug-likeness (QED) is 0.528. The van der Waals surface area contributed by atoms with Gasteiger partial charge in [0, 0.05) is 17.0 Å². The number of fused-ring (bicyclic) bond motifs is 2. The topological polar surface area (TPSA) is 73.6 Å². The fraction of sp³-hybridized carbons (Fsp3) is 0.190. The number of nitrogens with zero attached hydrogens (tertiary/aromatic N) is 5. The molecule has 0 amide bonds. The van der Waals surface area contributed by atoms with Gasteiger partial charge < -0.3 is 0 Å². The molecule has 0 N–H and O–H groups in total. The van der Waals surface area contributed by atoms with Gasteiger partial charge in [-0.2, -0.15) is 4.68 Å². The monoisotopic (exact) mass is 355 g/mol. The SMILES string of the molecule is Cc1nc(-n2cc(C(=O)c3ccc4ccccc4c3)nn2)nc2c1CCC2. The van der Waals surface area contributed by atoms with Gasteiger partial charge in [0.1, 0.15) is 0 Å². The standard InChI is InChI=1S/C21H17N5O/c1-13-17-7-4-8-18(17)23-21(22-13)26-12-19(24-25-26)20(27)16-10-9-14-5-2-3-6-15(14)11-16/h2-3,5-6,9-12H,4,7-8H2,1H3. The Morgan fingerprint density at radius 2 is 1.89 bits per heavy atom. The summed E-state index contributed by atoms with van der Waals surface area (Å²) in [6.07, 6.45) is 4.71. The minimum atomic E-state index is -0.162. The number of hydrogen-bond acceptors (Lipinski definition) is 5. The van der Waals surface area contributed by atoms with Crippen molar-refractivity contribution < 1.29 is 4.79 Å². The number of ketones is 1. The molecule has 0 spiro atoms. The van der Waals surface area contributed by atoms with Gasteiger partial charge in [0.15, 0.2) is 5.69 Å². The predicted molar refractivity (Wildman–Crippen MR) is 101 cm³/mol. The highest BCUT2D eigenvalue weighted by Crippen LogP contribution is 2.23. The van der Waals surface area contributed by atoms with E-state index in [-0.39, 0.29) is 11.5 Å². The highest BCUT2D eigenvalue weighted by Gasteiger charge is 2.20. The van der Waals surface area contributed by atoms with E-state index in [1.165, 1.54) is 10.2 Å². The molecular formula is C21H17N5O. The lowest BCUT2D eigenvalue weighted by Gasteiger charge is -2.05. The largest absolute Gasteiger partial charge is 0.287 e. The lowest BCUT2D eigenvalue weighted by Crippen LogP contribution is -2.07. The van der Waals surface area contributed by atoms with Crippen LogP contribution in [0.5, 0.6) is 0 Å². The van der Waals surface area contributed by atoms with E-state index >= 15 is 0 Å². The number of benzene rings is 2. The van der Waals surface area contributed by atoms with E-state index in [1.54, 1.807) is 6.20 Å². The molecule has 0 radical (unpaired) electrons. The van der Waals surface area contributed by atoms with Crippen LogP contribution < -0.4 is 0 Å². The molecule has 0 saturated carbocycles. The number of hydrogen-bond donors (Lipinski definition) is 0. The van der Waals surface area contributed by atoms with Crippen molar-refractivity contribution >= 4 is 16.6 Å². The van der Waals surface area contributed by atoms with Crippen molar-refractivity contribution in [2.45, 2.75) is 26.2 Å². The lowest BCUT2D eigenvalue weighted by atomic mass is 10.0. The van der Waals surface area contributed by atoms with Gasteiger partial charge in [-0.05, 0) is 48.6 Å². The second-order valence-corrected chi connectivity index (χ2v) is 6.83. The van der Waals surface area contributed by atoms with E-state index in [2.05, 4.69) is 20.3 Å². The first kappa shape index (κ1) is 15.8. The van der Waals surface area contributed by atoms with Crippen LogP contribution in [-0.4, -0.2) is 30.7 Å².